The van der Waals surface area contributed by atoms with Gasteiger partial charge in [0, 0.05) is 33.5 Å². The van der Waals surface area contributed by atoms with E-state index in [1.165, 1.54) is 18.4 Å². The van der Waals surface area contributed by atoms with Gasteiger partial charge in [0.15, 0.2) is 0 Å². The Morgan fingerprint density at radius 1 is 0.969 bits per heavy atom. The molecule has 0 saturated heterocycles. The monoisotopic (exact) mass is 455 g/mol. The first-order valence-corrected chi connectivity index (χ1v) is 12.3. The van der Waals surface area contributed by atoms with E-state index in [1.54, 1.807) is 36.1 Å². The number of sulfonamides is 1. The highest BCUT2D eigenvalue weighted by molar-refractivity contribution is 7.89. The number of amides is 2. The number of rotatable bonds is 4. The van der Waals surface area contributed by atoms with Gasteiger partial charge in [0.2, 0.25) is 21.8 Å². The van der Waals surface area contributed by atoms with Crippen LogP contribution in [0.15, 0.2) is 47.4 Å². The van der Waals surface area contributed by atoms with E-state index in [2.05, 4.69) is 0 Å². The molecule has 1 aliphatic carbocycles. The zero-order chi connectivity index (χ0) is 23.2. The summed E-state index contributed by atoms with van der Waals surface area (Å²) in [6, 6.07) is 12.3. The number of benzene rings is 2. The van der Waals surface area contributed by atoms with Gasteiger partial charge >= 0.3 is 0 Å². The quantitative estimate of drug-likeness (QED) is 0.707. The number of hydrogen-bond donors (Lipinski definition) is 0. The lowest BCUT2D eigenvalue weighted by Crippen LogP contribution is -2.53. The fraction of sp³-hybridized carbons (Fsp3) is 0.417. The second kappa shape index (κ2) is 8.33. The minimum atomic E-state index is -3.50. The summed E-state index contributed by atoms with van der Waals surface area (Å²) < 4.78 is 25.9. The van der Waals surface area contributed by atoms with E-state index >= 15 is 0 Å². The van der Waals surface area contributed by atoms with Gasteiger partial charge in [-0.25, -0.2) is 12.7 Å². The summed E-state index contributed by atoms with van der Waals surface area (Å²) >= 11 is 0. The van der Waals surface area contributed by atoms with Crippen LogP contribution in [0.3, 0.4) is 0 Å². The van der Waals surface area contributed by atoms with Crippen LogP contribution in [0.2, 0.25) is 0 Å². The highest BCUT2D eigenvalue weighted by Gasteiger charge is 2.37. The lowest BCUT2D eigenvalue weighted by molar-refractivity contribution is -0.125. The van der Waals surface area contributed by atoms with E-state index in [9.17, 15) is 18.0 Å². The summed E-state index contributed by atoms with van der Waals surface area (Å²) in [5, 5.41) is 0. The third-order valence-electron chi connectivity index (χ3n) is 6.44. The first-order chi connectivity index (χ1) is 15.1. The topological polar surface area (TPSA) is 78.0 Å². The zero-order valence-electron chi connectivity index (χ0n) is 18.9. The highest BCUT2D eigenvalue weighted by atomic mass is 32.2. The van der Waals surface area contributed by atoms with Gasteiger partial charge in [-0.2, -0.15) is 0 Å². The van der Waals surface area contributed by atoms with Crippen molar-refractivity contribution in [1.29, 1.82) is 0 Å². The maximum Gasteiger partial charge on any atom is 0.242 e. The third kappa shape index (κ3) is 3.82. The molecular weight excluding hydrogens is 426 g/mol. The Kier molecular flexibility index (Phi) is 5.85. The molecule has 2 aromatic rings. The molecule has 7 nitrogen and oxygen atoms in total. The van der Waals surface area contributed by atoms with Crippen LogP contribution >= 0.6 is 0 Å². The van der Waals surface area contributed by atoms with Gasteiger partial charge in [0.1, 0.15) is 0 Å². The van der Waals surface area contributed by atoms with Crippen molar-refractivity contribution >= 4 is 33.2 Å². The second-order valence-corrected chi connectivity index (χ2v) is 11.0. The van der Waals surface area contributed by atoms with Crippen LogP contribution in [0.25, 0.3) is 11.1 Å². The predicted octanol–water partition coefficient (Wildman–Crippen LogP) is 3.49. The maximum atomic E-state index is 13.2. The zero-order valence-corrected chi connectivity index (χ0v) is 19.7. The van der Waals surface area contributed by atoms with E-state index in [0.29, 0.717) is 6.54 Å². The van der Waals surface area contributed by atoms with Crippen molar-refractivity contribution < 1.29 is 18.0 Å². The fourth-order valence-electron chi connectivity index (χ4n) is 4.40. The molecule has 4 rings (SSSR count). The average Bonchev–Trinajstić information content (AvgIpc) is 2.71. The van der Waals surface area contributed by atoms with Crippen molar-refractivity contribution in [2.45, 2.75) is 44.0 Å². The Balaban J connectivity index is 1.75. The SMILES string of the molecule is CC(=O)N1c2ccc(-c3ccc(S(=O)(=O)N(C)C)cc3)cc2N(C(=O)C2CCC2)CC1C. The smallest absolute Gasteiger partial charge is 0.242 e. The Morgan fingerprint density at radius 3 is 2.12 bits per heavy atom. The molecule has 0 aromatic heterocycles. The van der Waals surface area contributed by atoms with E-state index in [-0.39, 0.29) is 28.7 Å². The van der Waals surface area contributed by atoms with Crippen molar-refractivity contribution in [1.82, 2.24) is 4.31 Å². The molecule has 1 heterocycles. The van der Waals surface area contributed by atoms with Crippen molar-refractivity contribution in [3.63, 3.8) is 0 Å². The Labute approximate surface area is 189 Å². The van der Waals surface area contributed by atoms with Crippen molar-refractivity contribution in [2.24, 2.45) is 5.92 Å². The Bertz CT molecular complexity index is 1150. The number of fused-ring (bicyclic) bond motifs is 1. The second-order valence-electron chi connectivity index (χ2n) is 8.83. The maximum absolute atomic E-state index is 13.2. The molecule has 2 amide bonds. The van der Waals surface area contributed by atoms with E-state index < -0.39 is 10.0 Å². The summed E-state index contributed by atoms with van der Waals surface area (Å²) in [7, 11) is -0.499. The van der Waals surface area contributed by atoms with Crippen LogP contribution < -0.4 is 9.80 Å². The molecular formula is C24H29N3O4S. The molecule has 8 heteroatoms. The van der Waals surface area contributed by atoms with E-state index in [4.69, 9.17) is 0 Å². The van der Waals surface area contributed by atoms with Crippen LogP contribution in [-0.4, -0.2) is 51.2 Å². The average molecular weight is 456 g/mol. The van der Waals surface area contributed by atoms with Gasteiger partial charge in [-0.1, -0.05) is 24.6 Å². The number of carbonyl (C=O) groups excluding carboxylic acids is 2. The number of carbonyl (C=O) groups is 2. The van der Waals surface area contributed by atoms with Gasteiger partial charge in [-0.05, 0) is 55.2 Å². The van der Waals surface area contributed by atoms with E-state index in [0.717, 1.165) is 41.8 Å². The van der Waals surface area contributed by atoms with Gasteiger partial charge in [0.05, 0.1) is 22.3 Å². The highest BCUT2D eigenvalue weighted by Crippen LogP contribution is 2.41. The van der Waals surface area contributed by atoms with Crippen LogP contribution in [0, 0.1) is 5.92 Å². The van der Waals surface area contributed by atoms with Crippen LogP contribution in [-0.2, 0) is 19.6 Å². The fourth-order valence-corrected chi connectivity index (χ4v) is 5.30. The molecule has 2 aromatic carbocycles. The largest absolute Gasteiger partial charge is 0.308 e. The molecule has 32 heavy (non-hydrogen) atoms. The molecule has 1 atom stereocenters. The van der Waals surface area contributed by atoms with Gasteiger partial charge in [-0.3, -0.25) is 9.59 Å². The molecule has 0 radical (unpaired) electrons. The van der Waals surface area contributed by atoms with E-state index in [1.807, 2.05) is 30.0 Å². The Hall–Kier alpha value is -2.71. The molecule has 1 unspecified atom stereocenters. The molecule has 2 aliphatic rings. The molecule has 0 bridgehead atoms. The van der Waals surface area contributed by atoms with Gasteiger partial charge in [0.25, 0.3) is 0 Å². The summed E-state index contributed by atoms with van der Waals surface area (Å²) in [5.41, 5.74) is 3.17. The standard InChI is InChI=1S/C24H29N3O4S/c1-16-15-26(24(29)19-6-5-7-19)23-14-20(10-13-22(23)27(16)17(2)28)18-8-11-21(12-9-18)32(30,31)25(3)4/h8-14,16,19H,5-7,15H2,1-4H3. The van der Waals surface area contributed by atoms with Crippen molar-refractivity contribution in [2.75, 3.05) is 30.4 Å². The minimum absolute atomic E-state index is 0.0538. The van der Waals surface area contributed by atoms with Crippen molar-refractivity contribution in [3.05, 3.63) is 42.5 Å². The van der Waals surface area contributed by atoms with Crippen LogP contribution in [0.1, 0.15) is 33.1 Å². The lowest BCUT2D eigenvalue weighted by atomic mass is 9.84. The summed E-state index contributed by atoms with van der Waals surface area (Å²) in [6.45, 7) is 3.97. The van der Waals surface area contributed by atoms with Gasteiger partial charge < -0.3 is 9.80 Å². The van der Waals surface area contributed by atoms with Crippen LogP contribution in [0.5, 0.6) is 0 Å². The normalized spacial score (nSPS) is 19.0. The lowest BCUT2D eigenvalue weighted by Gasteiger charge is -2.43. The summed E-state index contributed by atoms with van der Waals surface area (Å²) in [6.07, 6.45) is 2.91. The molecule has 1 saturated carbocycles. The molecule has 1 fully saturated rings. The first kappa shape index (κ1) is 22.5. The molecule has 1 aliphatic heterocycles. The number of nitrogens with zero attached hydrogens (tertiary/aromatic N) is 3. The van der Waals surface area contributed by atoms with Crippen LogP contribution in [0.4, 0.5) is 11.4 Å². The molecule has 0 spiro atoms. The molecule has 170 valence electrons. The number of hydrogen-bond acceptors (Lipinski definition) is 4. The third-order valence-corrected chi connectivity index (χ3v) is 8.27. The minimum Gasteiger partial charge on any atom is -0.308 e. The first-order valence-electron chi connectivity index (χ1n) is 10.9. The van der Waals surface area contributed by atoms with Gasteiger partial charge in [-0.15, -0.1) is 0 Å². The summed E-state index contributed by atoms with van der Waals surface area (Å²) in [5.74, 6) is 0.121. The number of anilines is 2. The van der Waals surface area contributed by atoms with Crippen molar-refractivity contribution in [3.8, 4) is 11.1 Å². The Morgan fingerprint density at radius 2 is 1.59 bits per heavy atom. The summed E-state index contributed by atoms with van der Waals surface area (Å²) in [4.78, 5) is 29.3. The molecule has 0 N–H and O–H groups in total. The predicted molar refractivity (Wildman–Crippen MR) is 125 cm³/mol.